The van der Waals surface area contributed by atoms with Crippen molar-refractivity contribution in [2.24, 2.45) is 0 Å². The zero-order valence-electron chi connectivity index (χ0n) is 16.2. The molecule has 26 heavy (non-hydrogen) atoms. The molecule has 0 aliphatic rings. The van der Waals surface area contributed by atoms with E-state index in [4.69, 9.17) is 4.74 Å². The van der Waals surface area contributed by atoms with Gasteiger partial charge < -0.3 is 4.74 Å². The van der Waals surface area contributed by atoms with E-state index in [1.807, 2.05) is 62.4 Å². The molecule has 0 bridgehead atoms. The molecule has 0 radical (unpaired) electrons. The van der Waals surface area contributed by atoms with Crippen molar-refractivity contribution in [1.29, 1.82) is 0 Å². The number of carbonyl (C=O) groups is 2. The van der Waals surface area contributed by atoms with Crippen LogP contribution in [-0.4, -0.2) is 11.8 Å². The molecule has 0 aliphatic carbocycles. The standard InChI is InChI=1S/C23H28O3/c1-5-7-21(24)17-9-11-18(12-10-17)23(3,4)19-13-15-20(16-14-19)26-22(25)8-6-2/h9-16H,5-8H2,1-4H3. The Labute approximate surface area is 156 Å². The highest BCUT2D eigenvalue weighted by Crippen LogP contribution is 2.32. The highest BCUT2D eigenvalue weighted by atomic mass is 16.5. The van der Waals surface area contributed by atoms with Gasteiger partial charge in [0.15, 0.2) is 5.78 Å². The number of rotatable bonds is 8. The minimum atomic E-state index is -0.210. The Kier molecular flexibility index (Phi) is 6.73. The summed E-state index contributed by atoms with van der Waals surface area (Å²) in [5, 5.41) is 0. The van der Waals surface area contributed by atoms with Crippen LogP contribution in [0.3, 0.4) is 0 Å². The van der Waals surface area contributed by atoms with Crippen molar-refractivity contribution >= 4 is 11.8 Å². The van der Waals surface area contributed by atoms with Gasteiger partial charge >= 0.3 is 5.97 Å². The molecule has 2 rings (SSSR count). The lowest BCUT2D eigenvalue weighted by molar-refractivity contribution is -0.134. The zero-order chi connectivity index (χ0) is 19.2. The summed E-state index contributed by atoms with van der Waals surface area (Å²) >= 11 is 0. The SMILES string of the molecule is CCCC(=O)Oc1ccc(C(C)(C)c2ccc(C(=O)CCC)cc2)cc1. The number of Topliss-reactive ketones (excluding diaryl/α,β-unsaturated/α-hetero) is 1. The molecular formula is C23H28O3. The van der Waals surface area contributed by atoms with E-state index in [-0.39, 0.29) is 17.2 Å². The van der Waals surface area contributed by atoms with Gasteiger partial charge in [0, 0.05) is 23.8 Å². The average molecular weight is 352 g/mol. The highest BCUT2D eigenvalue weighted by Gasteiger charge is 2.23. The number of ether oxygens (including phenoxy) is 1. The minimum absolute atomic E-state index is 0.190. The van der Waals surface area contributed by atoms with Gasteiger partial charge in [-0.25, -0.2) is 0 Å². The van der Waals surface area contributed by atoms with Gasteiger partial charge in [-0.3, -0.25) is 9.59 Å². The summed E-state index contributed by atoms with van der Waals surface area (Å²) in [5.41, 5.74) is 2.82. The van der Waals surface area contributed by atoms with Crippen LogP contribution in [0.2, 0.25) is 0 Å². The number of carbonyl (C=O) groups excluding carboxylic acids is 2. The van der Waals surface area contributed by atoms with Gasteiger partial charge in [-0.15, -0.1) is 0 Å². The number of hydrogen-bond donors (Lipinski definition) is 0. The summed E-state index contributed by atoms with van der Waals surface area (Å²) in [5.74, 6) is 0.561. The first-order valence-corrected chi connectivity index (χ1v) is 9.33. The monoisotopic (exact) mass is 352 g/mol. The van der Waals surface area contributed by atoms with E-state index in [0.29, 0.717) is 18.6 Å². The number of ketones is 1. The Bertz CT molecular complexity index is 740. The van der Waals surface area contributed by atoms with Gasteiger partial charge in [0.1, 0.15) is 5.75 Å². The third-order valence-corrected chi connectivity index (χ3v) is 4.67. The summed E-state index contributed by atoms with van der Waals surface area (Å²) in [6, 6.07) is 15.5. The molecule has 0 saturated heterocycles. The molecule has 0 heterocycles. The fraction of sp³-hybridized carbons (Fsp3) is 0.391. The maximum Gasteiger partial charge on any atom is 0.311 e. The van der Waals surface area contributed by atoms with Crippen LogP contribution >= 0.6 is 0 Å². The quantitative estimate of drug-likeness (QED) is 0.348. The smallest absolute Gasteiger partial charge is 0.311 e. The predicted molar refractivity (Wildman–Crippen MR) is 105 cm³/mol. The minimum Gasteiger partial charge on any atom is -0.427 e. The van der Waals surface area contributed by atoms with Gasteiger partial charge in [-0.1, -0.05) is 64.1 Å². The van der Waals surface area contributed by atoms with E-state index in [0.717, 1.165) is 29.5 Å². The van der Waals surface area contributed by atoms with E-state index in [9.17, 15) is 9.59 Å². The van der Waals surface area contributed by atoms with E-state index < -0.39 is 0 Å². The molecular weight excluding hydrogens is 324 g/mol. The number of benzene rings is 2. The molecule has 0 aromatic heterocycles. The lowest BCUT2D eigenvalue weighted by Gasteiger charge is -2.26. The maximum absolute atomic E-state index is 12.0. The van der Waals surface area contributed by atoms with Crippen molar-refractivity contribution in [2.45, 2.75) is 58.8 Å². The Balaban J connectivity index is 2.16. The van der Waals surface area contributed by atoms with E-state index >= 15 is 0 Å². The Morgan fingerprint density at radius 2 is 1.31 bits per heavy atom. The van der Waals surface area contributed by atoms with Crippen LogP contribution in [0.4, 0.5) is 0 Å². The molecule has 0 atom stereocenters. The van der Waals surface area contributed by atoms with Crippen molar-refractivity contribution in [1.82, 2.24) is 0 Å². The number of hydrogen-bond acceptors (Lipinski definition) is 3. The van der Waals surface area contributed by atoms with E-state index in [2.05, 4.69) is 13.8 Å². The van der Waals surface area contributed by atoms with Gasteiger partial charge in [-0.2, -0.15) is 0 Å². The molecule has 0 fully saturated rings. The van der Waals surface area contributed by atoms with Crippen LogP contribution in [0.5, 0.6) is 5.75 Å². The van der Waals surface area contributed by atoms with Crippen molar-refractivity contribution < 1.29 is 14.3 Å². The third-order valence-electron chi connectivity index (χ3n) is 4.67. The molecule has 3 heteroatoms. The first-order chi connectivity index (χ1) is 12.4. The first-order valence-electron chi connectivity index (χ1n) is 9.33. The Morgan fingerprint density at radius 1 is 0.808 bits per heavy atom. The molecule has 0 spiro atoms. The van der Waals surface area contributed by atoms with Gasteiger partial charge in [-0.05, 0) is 36.1 Å². The summed E-state index contributed by atoms with van der Waals surface area (Å²) in [4.78, 5) is 23.6. The van der Waals surface area contributed by atoms with Crippen molar-refractivity contribution in [3.8, 4) is 5.75 Å². The second kappa shape index (κ2) is 8.79. The van der Waals surface area contributed by atoms with Crippen molar-refractivity contribution in [3.63, 3.8) is 0 Å². The summed E-state index contributed by atoms with van der Waals surface area (Å²) in [6.45, 7) is 8.26. The van der Waals surface area contributed by atoms with E-state index in [1.54, 1.807) is 0 Å². The maximum atomic E-state index is 12.0. The summed E-state index contributed by atoms with van der Waals surface area (Å²) < 4.78 is 5.32. The molecule has 0 aliphatic heterocycles. The lowest BCUT2D eigenvalue weighted by Crippen LogP contribution is -2.19. The van der Waals surface area contributed by atoms with Gasteiger partial charge in [0.05, 0.1) is 0 Å². The molecule has 2 aromatic rings. The number of esters is 1. The molecule has 0 amide bonds. The fourth-order valence-electron chi connectivity index (χ4n) is 2.94. The normalized spacial score (nSPS) is 11.2. The predicted octanol–water partition coefficient (Wildman–Crippen LogP) is 5.70. The Hall–Kier alpha value is -2.42. The molecule has 0 saturated carbocycles. The van der Waals surface area contributed by atoms with Crippen LogP contribution in [0.25, 0.3) is 0 Å². The summed E-state index contributed by atoms with van der Waals surface area (Å²) in [7, 11) is 0. The molecule has 138 valence electrons. The van der Waals surface area contributed by atoms with E-state index in [1.165, 1.54) is 0 Å². The first kappa shape index (κ1) is 19.9. The molecule has 2 aromatic carbocycles. The van der Waals surface area contributed by atoms with Gasteiger partial charge in [0.25, 0.3) is 0 Å². The van der Waals surface area contributed by atoms with Crippen LogP contribution in [0.1, 0.15) is 74.9 Å². The second-order valence-corrected chi connectivity index (χ2v) is 7.12. The molecule has 0 N–H and O–H groups in total. The van der Waals surface area contributed by atoms with Crippen LogP contribution < -0.4 is 4.74 Å². The summed E-state index contributed by atoms with van der Waals surface area (Å²) in [6.07, 6.45) is 2.65. The van der Waals surface area contributed by atoms with Crippen molar-refractivity contribution in [2.75, 3.05) is 0 Å². The second-order valence-electron chi connectivity index (χ2n) is 7.12. The molecule has 3 nitrogen and oxygen atoms in total. The van der Waals surface area contributed by atoms with Crippen LogP contribution in [0, 0.1) is 0 Å². The lowest BCUT2D eigenvalue weighted by atomic mass is 9.78. The Morgan fingerprint density at radius 3 is 1.81 bits per heavy atom. The van der Waals surface area contributed by atoms with Crippen molar-refractivity contribution in [3.05, 3.63) is 65.2 Å². The molecule has 0 unspecified atom stereocenters. The fourth-order valence-corrected chi connectivity index (χ4v) is 2.94. The average Bonchev–Trinajstić information content (AvgIpc) is 2.62. The van der Waals surface area contributed by atoms with Gasteiger partial charge in [0.2, 0.25) is 0 Å². The topological polar surface area (TPSA) is 43.4 Å². The third kappa shape index (κ3) is 4.81. The van der Waals surface area contributed by atoms with Crippen LogP contribution in [0.15, 0.2) is 48.5 Å². The zero-order valence-corrected chi connectivity index (χ0v) is 16.2. The highest BCUT2D eigenvalue weighted by molar-refractivity contribution is 5.96. The largest absolute Gasteiger partial charge is 0.427 e. The van der Waals surface area contributed by atoms with Crippen LogP contribution in [-0.2, 0) is 10.2 Å².